The van der Waals surface area contributed by atoms with E-state index in [0.29, 0.717) is 18.3 Å². The highest BCUT2D eigenvalue weighted by Crippen LogP contribution is 2.35. The van der Waals surface area contributed by atoms with Crippen molar-refractivity contribution in [3.05, 3.63) is 52.6 Å². The molecule has 38 heavy (non-hydrogen) atoms. The van der Waals surface area contributed by atoms with Gasteiger partial charge in [-0.1, -0.05) is 102 Å². The second kappa shape index (κ2) is 15.3. The van der Waals surface area contributed by atoms with E-state index in [1.807, 2.05) is 30.3 Å². The lowest BCUT2D eigenvalue weighted by molar-refractivity contribution is -0.385. The first-order chi connectivity index (χ1) is 18.3. The Morgan fingerprint density at radius 1 is 0.868 bits per heavy atom. The lowest BCUT2D eigenvalue weighted by atomic mass is 9.80. The van der Waals surface area contributed by atoms with Gasteiger partial charge in [-0.15, -0.1) is 0 Å². The van der Waals surface area contributed by atoms with Crippen molar-refractivity contribution in [3.8, 4) is 22.6 Å². The van der Waals surface area contributed by atoms with Crippen molar-refractivity contribution in [2.45, 2.75) is 103 Å². The summed E-state index contributed by atoms with van der Waals surface area (Å²) >= 11 is 0. The Labute approximate surface area is 231 Å². The van der Waals surface area contributed by atoms with Crippen molar-refractivity contribution >= 4 is 13.8 Å². The molecule has 0 aromatic heterocycles. The van der Waals surface area contributed by atoms with E-state index in [1.165, 1.54) is 63.5 Å². The van der Waals surface area contributed by atoms with Crippen molar-refractivity contribution in [2.75, 3.05) is 13.2 Å². The van der Waals surface area contributed by atoms with Crippen LogP contribution >= 0.6 is 0 Å². The predicted molar refractivity (Wildman–Crippen MR) is 161 cm³/mol. The van der Waals surface area contributed by atoms with Gasteiger partial charge in [0.05, 0.1) is 18.1 Å². The fourth-order valence-corrected chi connectivity index (χ4v) is 6.91. The summed E-state index contributed by atoms with van der Waals surface area (Å²) in [5.41, 5.74) is 1.77. The Kier molecular flexibility index (Phi) is 12.2. The van der Waals surface area contributed by atoms with Crippen LogP contribution in [0.5, 0.6) is 11.5 Å². The zero-order valence-electron chi connectivity index (χ0n) is 24.2. The van der Waals surface area contributed by atoms with Crippen LogP contribution in [0.2, 0.25) is 25.2 Å². The Morgan fingerprint density at radius 3 is 2.21 bits per heavy atom. The van der Waals surface area contributed by atoms with E-state index in [4.69, 9.17) is 9.47 Å². The van der Waals surface area contributed by atoms with Crippen LogP contribution in [-0.2, 0) is 0 Å². The van der Waals surface area contributed by atoms with Gasteiger partial charge in [-0.3, -0.25) is 10.1 Å². The van der Waals surface area contributed by atoms with Gasteiger partial charge in [-0.2, -0.15) is 0 Å². The number of hydrogen-bond donors (Lipinski definition) is 0. The third-order valence-electron chi connectivity index (χ3n) is 8.47. The number of ether oxygens (including phenoxy) is 2. The average molecular weight is 540 g/mol. The van der Waals surface area contributed by atoms with Gasteiger partial charge in [0, 0.05) is 14.1 Å². The molecule has 210 valence electrons. The number of nitro benzene ring substituents is 1. The molecule has 0 bridgehead atoms. The first-order valence-electron chi connectivity index (χ1n) is 15.0. The number of unbranched alkanes of at least 4 members (excludes halogenated alkanes) is 3. The van der Waals surface area contributed by atoms with E-state index in [-0.39, 0.29) is 10.6 Å². The topological polar surface area (TPSA) is 61.6 Å². The van der Waals surface area contributed by atoms with Gasteiger partial charge < -0.3 is 9.47 Å². The quantitative estimate of drug-likeness (QED) is 0.0921. The van der Waals surface area contributed by atoms with Gasteiger partial charge >= 0.3 is 5.69 Å². The molecule has 0 aliphatic heterocycles. The van der Waals surface area contributed by atoms with Crippen molar-refractivity contribution < 1.29 is 14.4 Å². The maximum absolute atomic E-state index is 11.8. The molecule has 0 N–H and O–H groups in total. The van der Waals surface area contributed by atoms with Crippen LogP contribution < -0.4 is 9.47 Å². The molecule has 0 unspecified atom stereocenters. The minimum absolute atomic E-state index is 0.0244. The smallest absolute Gasteiger partial charge is 0.311 e. The zero-order valence-corrected chi connectivity index (χ0v) is 25.2. The summed E-state index contributed by atoms with van der Waals surface area (Å²) in [5, 5.41) is 11.8. The largest absolute Gasteiger partial charge is 0.493 e. The predicted octanol–water partition coefficient (Wildman–Crippen LogP) is 9.91. The first kappa shape index (κ1) is 30.2. The molecule has 0 radical (unpaired) electrons. The second-order valence-corrected chi connectivity index (χ2v) is 17.5. The standard InChI is InChI=1S/C32H49NO4Si/c1-5-7-8-11-26-12-14-27(15-13-26)25-37-30-19-16-28(17-20-30)29-18-21-32(31(24-29)33(34)35)36-22-9-10-23-38(3,4)6-2/h16-21,24,26-27H,5-15,22-23,25H2,1-4H3. The lowest BCUT2D eigenvalue weighted by Gasteiger charge is -2.28. The van der Waals surface area contributed by atoms with E-state index in [0.717, 1.165) is 42.2 Å². The third kappa shape index (κ3) is 9.76. The number of rotatable bonds is 16. The molecular formula is C32H49NO4Si. The van der Waals surface area contributed by atoms with Crippen LogP contribution in [0.4, 0.5) is 5.69 Å². The van der Waals surface area contributed by atoms with Gasteiger partial charge in [0.25, 0.3) is 0 Å². The molecule has 3 rings (SSSR count). The average Bonchev–Trinajstić information content (AvgIpc) is 2.93. The number of nitrogens with zero attached hydrogens (tertiary/aromatic N) is 1. The van der Waals surface area contributed by atoms with Crippen molar-refractivity contribution in [1.29, 1.82) is 0 Å². The molecule has 1 saturated carbocycles. The Hall–Kier alpha value is -2.34. The fraction of sp³-hybridized carbons (Fsp3) is 0.625. The summed E-state index contributed by atoms with van der Waals surface area (Å²) in [5.74, 6) is 2.78. The molecule has 1 aliphatic rings. The number of nitro groups is 1. The molecule has 2 aromatic carbocycles. The maximum Gasteiger partial charge on any atom is 0.311 e. The van der Waals surface area contributed by atoms with Crippen LogP contribution in [0, 0.1) is 22.0 Å². The second-order valence-electron chi connectivity index (χ2n) is 12.0. The van der Waals surface area contributed by atoms with E-state index in [1.54, 1.807) is 12.1 Å². The third-order valence-corrected chi connectivity index (χ3v) is 12.1. The highest BCUT2D eigenvalue weighted by Gasteiger charge is 2.22. The highest BCUT2D eigenvalue weighted by atomic mass is 28.3. The Balaban J connectivity index is 1.48. The first-order valence-corrected chi connectivity index (χ1v) is 18.4. The van der Waals surface area contributed by atoms with Crippen LogP contribution in [0.15, 0.2) is 42.5 Å². The summed E-state index contributed by atoms with van der Waals surface area (Å²) in [6.07, 6.45) is 12.7. The SMILES string of the molecule is CCCCCC1CCC(COc2ccc(-c3ccc(OCCCC[Si](C)(C)CC)c([N+](=O)[O-])c3)cc2)CC1. The van der Waals surface area contributed by atoms with E-state index in [2.05, 4.69) is 26.9 Å². The fourth-order valence-electron chi connectivity index (χ4n) is 5.35. The van der Waals surface area contributed by atoms with Crippen molar-refractivity contribution in [2.24, 2.45) is 11.8 Å². The maximum atomic E-state index is 11.8. The molecular weight excluding hydrogens is 490 g/mol. The summed E-state index contributed by atoms with van der Waals surface area (Å²) in [6.45, 7) is 10.7. The number of benzene rings is 2. The summed E-state index contributed by atoms with van der Waals surface area (Å²) in [4.78, 5) is 11.4. The van der Waals surface area contributed by atoms with Gasteiger partial charge in [0.2, 0.25) is 0 Å². The molecule has 0 atom stereocenters. The molecule has 0 heterocycles. The summed E-state index contributed by atoms with van der Waals surface area (Å²) in [6, 6.07) is 15.7. The Bertz CT molecular complexity index is 983. The Morgan fingerprint density at radius 2 is 1.55 bits per heavy atom. The van der Waals surface area contributed by atoms with Crippen LogP contribution in [0.1, 0.15) is 78.1 Å². The minimum atomic E-state index is -1.08. The van der Waals surface area contributed by atoms with Crippen LogP contribution in [0.3, 0.4) is 0 Å². The van der Waals surface area contributed by atoms with Gasteiger partial charge in [-0.25, -0.2) is 0 Å². The molecule has 6 heteroatoms. The van der Waals surface area contributed by atoms with Crippen LogP contribution in [0.25, 0.3) is 11.1 Å². The van der Waals surface area contributed by atoms with Crippen LogP contribution in [-0.4, -0.2) is 26.2 Å². The molecule has 1 fully saturated rings. The number of hydrogen-bond acceptors (Lipinski definition) is 4. The normalized spacial score (nSPS) is 17.8. The van der Waals surface area contributed by atoms with Gasteiger partial charge in [-0.05, 0) is 60.4 Å². The van der Waals surface area contributed by atoms with E-state index < -0.39 is 8.07 Å². The monoisotopic (exact) mass is 539 g/mol. The highest BCUT2D eigenvalue weighted by molar-refractivity contribution is 6.77. The molecule has 0 saturated heterocycles. The van der Waals surface area contributed by atoms with E-state index >= 15 is 0 Å². The molecule has 0 spiro atoms. The zero-order chi connectivity index (χ0) is 27.4. The molecule has 2 aromatic rings. The van der Waals surface area contributed by atoms with E-state index in [9.17, 15) is 10.1 Å². The van der Waals surface area contributed by atoms with Crippen molar-refractivity contribution in [3.63, 3.8) is 0 Å². The molecule has 1 aliphatic carbocycles. The minimum Gasteiger partial charge on any atom is -0.493 e. The molecule has 0 amide bonds. The molecule has 5 nitrogen and oxygen atoms in total. The summed E-state index contributed by atoms with van der Waals surface area (Å²) in [7, 11) is -1.08. The van der Waals surface area contributed by atoms with Crippen molar-refractivity contribution in [1.82, 2.24) is 0 Å². The van der Waals surface area contributed by atoms with Gasteiger partial charge in [0.1, 0.15) is 5.75 Å². The lowest BCUT2D eigenvalue weighted by Crippen LogP contribution is -2.23. The summed E-state index contributed by atoms with van der Waals surface area (Å²) < 4.78 is 11.9. The van der Waals surface area contributed by atoms with Gasteiger partial charge in [0.15, 0.2) is 5.75 Å².